The Morgan fingerprint density at radius 2 is 2.20 bits per heavy atom. The largest absolute Gasteiger partial charge is 0.465 e. The normalized spacial score (nSPS) is 16.4. The lowest BCUT2D eigenvalue weighted by Crippen LogP contribution is -2.34. The number of hydrogen-bond donors (Lipinski definition) is 2. The number of anilines is 2. The van der Waals surface area contributed by atoms with E-state index in [1.807, 2.05) is 6.26 Å². The van der Waals surface area contributed by atoms with Crippen molar-refractivity contribution in [2.24, 2.45) is 5.92 Å². The van der Waals surface area contributed by atoms with E-state index in [4.69, 9.17) is 10.5 Å². The smallest absolute Gasteiger partial charge is 0.350 e. The highest BCUT2D eigenvalue weighted by molar-refractivity contribution is 7.99. The van der Waals surface area contributed by atoms with Crippen molar-refractivity contribution in [2.45, 2.75) is 17.7 Å². The Balaban J connectivity index is 2.25. The summed E-state index contributed by atoms with van der Waals surface area (Å²) in [6, 6.07) is 0. The van der Waals surface area contributed by atoms with Crippen LogP contribution in [0, 0.1) is 5.92 Å². The van der Waals surface area contributed by atoms with Gasteiger partial charge < -0.3 is 20.5 Å². The Bertz CT molecular complexity index is 482. The van der Waals surface area contributed by atoms with Crippen LogP contribution in [0.15, 0.2) is 4.90 Å². The van der Waals surface area contributed by atoms with E-state index in [9.17, 15) is 9.90 Å². The summed E-state index contributed by atoms with van der Waals surface area (Å²) in [7, 11) is 1.37. The summed E-state index contributed by atoms with van der Waals surface area (Å²) in [6.45, 7) is 2.03. The molecular formula is C13H20N2O3S2. The van der Waals surface area contributed by atoms with Crippen molar-refractivity contribution >= 4 is 39.8 Å². The van der Waals surface area contributed by atoms with Gasteiger partial charge in [0.1, 0.15) is 9.88 Å². The Morgan fingerprint density at radius 3 is 2.70 bits per heavy atom. The first-order valence-corrected chi connectivity index (χ1v) is 8.56. The van der Waals surface area contributed by atoms with Gasteiger partial charge in [0.05, 0.1) is 17.7 Å². The maximum Gasteiger partial charge on any atom is 0.350 e. The number of aliphatic hydroxyl groups is 1. The van der Waals surface area contributed by atoms with Crippen LogP contribution in [0.4, 0.5) is 10.7 Å². The van der Waals surface area contributed by atoms with Crippen molar-refractivity contribution in [3.8, 4) is 0 Å². The van der Waals surface area contributed by atoms with Crippen LogP contribution >= 0.6 is 23.1 Å². The number of carbonyl (C=O) groups excluding carboxylic acids is 1. The number of hydrogen-bond acceptors (Lipinski definition) is 7. The van der Waals surface area contributed by atoms with Crippen LogP contribution in [0.2, 0.25) is 0 Å². The summed E-state index contributed by atoms with van der Waals surface area (Å²) < 4.78 is 4.78. The lowest BCUT2D eigenvalue weighted by atomic mass is 9.98. The van der Waals surface area contributed by atoms with Gasteiger partial charge >= 0.3 is 5.97 Å². The van der Waals surface area contributed by atoms with Gasteiger partial charge in [0.25, 0.3) is 0 Å². The zero-order valence-corrected chi connectivity index (χ0v) is 13.4. The van der Waals surface area contributed by atoms with E-state index in [0.29, 0.717) is 16.5 Å². The molecular weight excluding hydrogens is 296 g/mol. The first kappa shape index (κ1) is 15.5. The van der Waals surface area contributed by atoms with Crippen LogP contribution in [0.25, 0.3) is 0 Å². The number of rotatable bonds is 4. The minimum atomic E-state index is -0.376. The summed E-state index contributed by atoms with van der Waals surface area (Å²) in [5, 5.41) is 10.2. The number of piperidine rings is 1. The minimum absolute atomic E-state index is 0.253. The molecule has 5 nitrogen and oxygen atoms in total. The Hall–Kier alpha value is -0.920. The molecule has 1 saturated heterocycles. The van der Waals surface area contributed by atoms with E-state index >= 15 is 0 Å². The van der Waals surface area contributed by atoms with Crippen molar-refractivity contribution in [2.75, 3.05) is 43.7 Å². The van der Waals surface area contributed by atoms with Gasteiger partial charge in [0.2, 0.25) is 0 Å². The van der Waals surface area contributed by atoms with Gasteiger partial charge in [-0.2, -0.15) is 0 Å². The topological polar surface area (TPSA) is 75.8 Å². The van der Waals surface area contributed by atoms with Gasteiger partial charge in [-0.15, -0.1) is 23.1 Å². The molecule has 3 N–H and O–H groups in total. The third kappa shape index (κ3) is 2.89. The number of thiophene rings is 1. The fourth-order valence-corrected chi connectivity index (χ4v) is 4.54. The lowest BCUT2D eigenvalue weighted by molar-refractivity contribution is 0.0607. The van der Waals surface area contributed by atoms with Gasteiger partial charge in [-0.3, -0.25) is 0 Å². The molecule has 1 aliphatic heterocycles. The summed E-state index contributed by atoms with van der Waals surface area (Å²) in [5.41, 5.74) is 6.60. The molecule has 0 unspecified atom stereocenters. The van der Waals surface area contributed by atoms with E-state index in [0.717, 1.165) is 35.8 Å². The van der Waals surface area contributed by atoms with E-state index in [2.05, 4.69) is 4.90 Å². The zero-order chi connectivity index (χ0) is 14.7. The number of ether oxygens (including phenoxy) is 1. The third-order valence-electron chi connectivity index (χ3n) is 3.62. The molecule has 1 aromatic rings. The Morgan fingerprint density at radius 1 is 1.55 bits per heavy atom. The fourth-order valence-electron chi connectivity index (χ4n) is 2.38. The second-order valence-corrected chi connectivity index (χ2v) is 6.60. The van der Waals surface area contributed by atoms with Crippen LogP contribution < -0.4 is 10.6 Å². The Labute approximate surface area is 127 Å². The van der Waals surface area contributed by atoms with Crippen molar-refractivity contribution < 1.29 is 14.6 Å². The number of nitrogen functional groups attached to an aromatic ring is 1. The number of methoxy groups -OCH3 is 1. The van der Waals surface area contributed by atoms with Crippen molar-refractivity contribution in [1.29, 1.82) is 0 Å². The molecule has 0 saturated carbocycles. The molecule has 0 atom stereocenters. The first-order chi connectivity index (χ1) is 9.62. The van der Waals surface area contributed by atoms with Gasteiger partial charge in [0, 0.05) is 19.7 Å². The molecule has 0 aromatic carbocycles. The molecule has 1 aromatic heterocycles. The highest BCUT2D eigenvalue weighted by atomic mass is 32.2. The van der Waals surface area contributed by atoms with Crippen LogP contribution in [0.1, 0.15) is 22.5 Å². The van der Waals surface area contributed by atoms with E-state index in [-0.39, 0.29) is 12.6 Å². The van der Waals surface area contributed by atoms with Crippen LogP contribution in [0.3, 0.4) is 0 Å². The highest BCUT2D eigenvalue weighted by Gasteiger charge is 2.27. The second kappa shape index (κ2) is 6.69. The molecule has 7 heteroatoms. The fraction of sp³-hybridized carbons (Fsp3) is 0.615. The van der Waals surface area contributed by atoms with Crippen molar-refractivity contribution in [1.82, 2.24) is 0 Å². The molecule has 1 fully saturated rings. The van der Waals surface area contributed by atoms with E-state index < -0.39 is 0 Å². The molecule has 2 heterocycles. The molecule has 0 spiro atoms. The van der Waals surface area contributed by atoms with E-state index in [1.54, 1.807) is 11.8 Å². The summed E-state index contributed by atoms with van der Waals surface area (Å²) >= 11 is 2.96. The molecule has 0 bridgehead atoms. The average Bonchev–Trinajstić information content (AvgIpc) is 2.83. The second-order valence-electron chi connectivity index (χ2n) is 4.79. The highest BCUT2D eigenvalue weighted by Crippen LogP contribution is 2.45. The standard InChI is InChI=1S/C13H20N2O3S2/c1-18-13(17)11-9(14)10(19-2)12(20-11)15-5-3-8(7-16)4-6-15/h8,16H,3-7,14H2,1-2H3. The number of nitrogens with zero attached hydrogens (tertiary/aromatic N) is 1. The number of aliphatic hydroxyl groups excluding tert-OH is 1. The molecule has 112 valence electrons. The van der Waals surface area contributed by atoms with E-state index in [1.165, 1.54) is 18.4 Å². The van der Waals surface area contributed by atoms with Gasteiger partial charge in [-0.1, -0.05) is 0 Å². The zero-order valence-electron chi connectivity index (χ0n) is 11.7. The number of nitrogens with two attached hydrogens (primary N) is 1. The molecule has 2 rings (SSSR count). The van der Waals surface area contributed by atoms with Gasteiger partial charge in [-0.25, -0.2) is 4.79 Å². The van der Waals surface area contributed by atoms with Crippen LogP contribution in [0.5, 0.6) is 0 Å². The van der Waals surface area contributed by atoms with Gasteiger partial charge in [-0.05, 0) is 25.0 Å². The van der Waals surface area contributed by atoms with Gasteiger partial charge in [0.15, 0.2) is 0 Å². The molecule has 0 radical (unpaired) electrons. The minimum Gasteiger partial charge on any atom is -0.465 e. The summed E-state index contributed by atoms with van der Waals surface area (Å²) in [6.07, 6.45) is 3.90. The maximum absolute atomic E-state index is 11.7. The van der Waals surface area contributed by atoms with Crippen LogP contribution in [-0.2, 0) is 4.74 Å². The molecule has 20 heavy (non-hydrogen) atoms. The monoisotopic (exact) mass is 316 g/mol. The summed E-state index contributed by atoms with van der Waals surface area (Å²) in [4.78, 5) is 15.4. The number of esters is 1. The predicted molar refractivity (Wildman–Crippen MR) is 83.9 cm³/mol. The molecule has 0 amide bonds. The quantitative estimate of drug-likeness (QED) is 0.654. The van der Waals surface area contributed by atoms with Crippen molar-refractivity contribution in [3.05, 3.63) is 4.88 Å². The summed E-state index contributed by atoms with van der Waals surface area (Å²) in [5.74, 6) is 0.0145. The van der Waals surface area contributed by atoms with Crippen molar-refractivity contribution in [3.63, 3.8) is 0 Å². The molecule has 1 aliphatic rings. The number of carbonyl (C=O) groups is 1. The first-order valence-electron chi connectivity index (χ1n) is 6.52. The van der Waals surface area contributed by atoms with Crippen LogP contribution in [-0.4, -0.2) is 44.1 Å². The Kier molecular flexibility index (Phi) is 5.17. The number of thioether (sulfide) groups is 1. The lowest BCUT2D eigenvalue weighted by Gasteiger charge is -2.32. The average molecular weight is 316 g/mol. The maximum atomic E-state index is 11.7. The predicted octanol–water partition coefficient (Wildman–Crippen LogP) is 2.05. The third-order valence-corrected chi connectivity index (χ3v) is 5.81. The SMILES string of the molecule is COC(=O)c1sc(N2CCC(CO)CC2)c(SC)c1N. The molecule has 0 aliphatic carbocycles.